The number of benzene rings is 1. The van der Waals surface area contributed by atoms with E-state index in [-0.39, 0.29) is 34.2 Å². The number of aromatic nitrogens is 1. The van der Waals surface area contributed by atoms with E-state index >= 15 is 0 Å². The highest BCUT2D eigenvalue weighted by molar-refractivity contribution is 6.36. The molecule has 34 heavy (non-hydrogen) atoms. The zero-order chi connectivity index (χ0) is 24.5. The van der Waals surface area contributed by atoms with Gasteiger partial charge in [-0.2, -0.15) is 0 Å². The van der Waals surface area contributed by atoms with Gasteiger partial charge in [0.2, 0.25) is 0 Å². The van der Waals surface area contributed by atoms with Gasteiger partial charge in [-0.15, -0.1) is 0 Å². The number of likely N-dealkylation sites (tertiary alicyclic amines) is 1. The van der Waals surface area contributed by atoms with E-state index in [1.54, 1.807) is 13.0 Å². The van der Waals surface area contributed by atoms with Crippen LogP contribution in [0.3, 0.4) is 0 Å². The standard InChI is InChI=1S/C24H28Cl2FN5O2/c1-16(21-18(25)7-8-19(27)22(21)26)34-20-14-17(15-31-23(20)28)6-4-9-29-24(33)30-10-5-13-32-11-2-3-12-32/h7-8,14-16H,2-3,5,9-13H2,1H3,(H2,28,31)(H2,29,30,33). The molecule has 1 atom stereocenters. The summed E-state index contributed by atoms with van der Waals surface area (Å²) < 4.78 is 19.7. The largest absolute Gasteiger partial charge is 0.482 e. The molecule has 0 bridgehead atoms. The molecule has 1 unspecified atom stereocenters. The number of amides is 2. The maximum Gasteiger partial charge on any atom is 0.315 e. The second-order valence-electron chi connectivity index (χ2n) is 7.94. The van der Waals surface area contributed by atoms with Crippen molar-refractivity contribution in [2.75, 3.05) is 38.5 Å². The van der Waals surface area contributed by atoms with E-state index in [0.717, 1.165) is 26.1 Å². The van der Waals surface area contributed by atoms with Crippen molar-refractivity contribution in [3.05, 3.63) is 51.4 Å². The Balaban J connectivity index is 1.49. The number of anilines is 1. The molecular formula is C24H28Cl2FN5O2. The quantitative estimate of drug-likeness (QED) is 0.280. The van der Waals surface area contributed by atoms with Gasteiger partial charge in [-0.25, -0.2) is 14.2 Å². The van der Waals surface area contributed by atoms with Crippen LogP contribution >= 0.6 is 23.2 Å². The minimum Gasteiger partial charge on any atom is -0.482 e. The molecule has 182 valence electrons. The van der Waals surface area contributed by atoms with E-state index in [2.05, 4.69) is 32.4 Å². The number of nitrogens with zero attached hydrogens (tertiary/aromatic N) is 2. The summed E-state index contributed by atoms with van der Waals surface area (Å²) in [5, 5.41) is 5.70. The van der Waals surface area contributed by atoms with Gasteiger partial charge in [0.25, 0.3) is 0 Å². The van der Waals surface area contributed by atoms with Gasteiger partial charge in [-0.1, -0.05) is 35.0 Å². The number of urea groups is 1. The second kappa shape index (κ2) is 12.7. The Hall–Kier alpha value is -2.73. The van der Waals surface area contributed by atoms with Gasteiger partial charge in [0.05, 0.1) is 11.6 Å². The number of ether oxygens (including phenoxy) is 1. The zero-order valence-electron chi connectivity index (χ0n) is 19.0. The summed E-state index contributed by atoms with van der Waals surface area (Å²) in [5.41, 5.74) is 6.78. The molecule has 1 aliphatic heterocycles. The first-order chi connectivity index (χ1) is 16.3. The Morgan fingerprint density at radius 1 is 1.32 bits per heavy atom. The number of nitrogens with two attached hydrogens (primary N) is 1. The van der Waals surface area contributed by atoms with E-state index in [9.17, 15) is 9.18 Å². The van der Waals surface area contributed by atoms with Gasteiger partial charge in [0.1, 0.15) is 11.9 Å². The molecule has 1 aromatic heterocycles. The lowest BCUT2D eigenvalue weighted by Crippen LogP contribution is -2.37. The van der Waals surface area contributed by atoms with Crippen molar-refractivity contribution in [2.45, 2.75) is 32.3 Å². The summed E-state index contributed by atoms with van der Waals surface area (Å²) in [6, 6.07) is 3.97. The van der Waals surface area contributed by atoms with Crippen LogP contribution in [0.1, 0.15) is 43.4 Å². The van der Waals surface area contributed by atoms with Crippen LogP contribution in [0.5, 0.6) is 5.75 Å². The van der Waals surface area contributed by atoms with Gasteiger partial charge in [-0.05, 0) is 58.0 Å². The molecule has 7 nitrogen and oxygen atoms in total. The SMILES string of the molecule is CC(Oc1cc(C#CCNC(=O)NCCCN2CCCC2)cnc1N)c1c(Cl)ccc(F)c1Cl. The number of halogens is 3. The number of pyridine rings is 1. The topological polar surface area (TPSA) is 92.5 Å². The van der Waals surface area contributed by atoms with E-state index in [0.29, 0.717) is 17.7 Å². The predicted octanol–water partition coefficient (Wildman–Crippen LogP) is 4.39. The normalized spacial score (nSPS) is 14.2. The van der Waals surface area contributed by atoms with Crippen molar-refractivity contribution in [1.29, 1.82) is 0 Å². The van der Waals surface area contributed by atoms with Crippen molar-refractivity contribution in [3.63, 3.8) is 0 Å². The van der Waals surface area contributed by atoms with Gasteiger partial charge in [0.15, 0.2) is 11.6 Å². The molecular weight excluding hydrogens is 480 g/mol. The zero-order valence-corrected chi connectivity index (χ0v) is 20.5. The summed E-state index contributed by atoms with van der Waals surface area (Å²) in [5.74, 6) is 5.59. The highest BCUT2D eigenvalue weighted by Crippen LogP contribution is 2.35. The average Bonchev–Trinajstić information content (AvgIpc) is 3.33. The third-order valence-corrected chi connectivity index (χ3v) is 6.09. The van der Waals surface area contributed by atoms with Gasteiger partial charge >= 0.3 is 6.03 Å². The van der Waals surface area contributed by atoms with E-state index in [4.69, 9.17) is 33.7 Å². The Labute approximate surface area is 209 Å². The Morgan fingerprint density at radius 2 is 2.09 bits per heavy atom. The second-order valence-corrected chi connectivity index (χ2v) is 8.72. The number of hydrogen-bond donors (Lipinski definition) is 3. The summed E-state index contributed by atoms with van der Waals surface area (Å²) in [4.78, 5) is 18.4. The molecule has 4 N–H and O–H groups in total. The van der Waals surface area contributed by atoms with Crippen LogP contribution < -0.4 is 21.1 Å². The minimum atomic E-state index is -0.682. The molecule has 1 saturated heterocycles. The van der Waals surface area contributed by atoms with Crippen LogP contribution in [0.2, 0.25) is 10.0 Å². The average molecular weight is 508 g/mol. The number of carbonyl (C=O) groups is 1. The van der Waals surface area contributed by atoms with E-state index < -0.39 is 11.9 Å². The molecule has 2 heterocycles. The molecule has 3 rings (SSSR count). The number of carbonyl (C=O) groups excluding carboxylic acids is 1. The number of rotatable bonds is 8. The smallest absolute Gasteiger partial charge is 0.315 e. The van der Waals surface area contributed by atoms with Gasteiger partial charge in [0, 0.05) is 35.0 Å². The summed E-state index contributed by atoms with van der Waals surface area (Å²) in [6.07, 6.45) is 4.26. The highest BCUT2D eigenvalue weighted by Gasteiger charge is 2.20. The molecule has 1 aliphatic rings. The molecule has 1 fully saturated rings. The van der Waals surface area contributed by atoms with Crippen molar-refractivity contribution in [3.8, 4) is 17.6 Å². The Kier molecular flexibility index (Phi) is 9.63. The molecule has 0 aliphatic carbocycles. The fourth-order valence-electron chi connectivity index (χ4n) is 3.63. The lowest BCUT2D eigenvalue weighted by Gasteiger charge is -2.18. The first kappa shape index (κ1) is 25.9. The monoisotopic (exact) mass is 507 g/mol. The van der Waals surface area contributed by atoms with Crippen LogP contribution in [-0.4, -0.2) is 48.6 Å². The van der Waals surface area contributed by atoms with Crippen LogP contribution in [-0.2, 0) is 0 Å². The van der Waals surface area contributed by atoms with Crippen LogP contribution in [0, 0.1) is 17.7 Å². The lowest BCUT2D eigenvalue weighted by atomic mass is 10.1. The fourth-order valence-corrected chi connectivity index (χ4v) is 4.30. The highest BCUT2D eigenvalue weighted by atomic mass is 35.5. The minimum absolute atomic E-state index is 0.108. The molecule has 0 saturated carbocycles. The molecule has 1 aromatic carbocycles. The number of nitrogen functional groups attached to an aromatic ring is 1. The van der Waals surface area contributed by atoms with Gasteiger partial charge in [-0.3, -0.25) is 0 Å². The van der Waals surface area contributed by atoms with E-state index in [1.807, 2.05) is 0 Å². The molecule has 2 amide bonds. The predicted molar refractivity (Wildman–Crippen MR) is 133 cm³/mol. The maximum atomic E-state index is 13.8. The van der Waals surface area contributed by atoms with Crippen molar-refractivity contribution in [1.82, 2.24) is 20.5 Å². The van der Waals surface area contributed by atoms with Crippen LogP contribution in [0.4, 0.5) is 15.0 Å². The Morgan fingerprint density at radius 3 is 2.85 bits per heavy atom. The van der Waals surface area contributed by atoms with Crippen LogP contribution in [0.25, 0.3) is 0 Å². The number of nitrogens with one attached hydrogen (secondary N) is 2. The summed E-state index contributed by atoms with van der Waals surface area (Å²) >= 11 is 12.2. The van der Waals surface area contributed by atoms with Crippen molar-refractivity contribution < 1.29 is 13.9 Å². The first-order valence-corrected chi connectivity index (χ1v) is 11.9. The molecule has 10 heteroatoms. The number of hydrogen-bond acceptors (Lipinski definition) is 5. The third-order valence-electron chi connectivity index (χ3n) is 5.38. The van der Waals surface area contributed by atoms with E-state index in [1.165, 1.54) is 31.2 Å². The van der Waals surface area contributed by atoms with Crippen LogP contribution in [0.15, 0.2) is 24.4 Å². The van der Waals surface area contributed by atoms with Gasteiger partial charge < -0.3 is 26.0 Å². The summed E-state index contributed by atoms with van der Waals surface area (Å²) in [6.45, 7) is 5.78. The van der Waals surface area contributed by atoms with Crippen molar-refractivity contribution >= 4 is 35.1 Å². The first-order valence-electron chi connectivity index (χ1n) is 11.1. The molecule has 0 radical (unpaired) electrons. The summed E-state index contributed by atoms with van der Waals surface area (Å²) in [7, 11) is 0. The third kappa shape index (κ3) is 7.39. The molecule has 2 aromatic rings. The molecule has 0 spiro atoms. The van der Waals surface area contributed by atoms with Crippen molar-refractivity contribution in [2.24, 2.45) is 0 Å². The fraction of sp³-hybridized carbons (Fsp3) is 0.417. The maximum absolute atomic E-state index is 13.8. The lowest BCUT2D eigenvalue weighted by molar-refractivity contribution is 0.227. The Bertz CT molecular complexity index is 1070.